The summed E-state index contributed by atoms with van der Waals surface area (Å²) in [6, 6.07) is 20.9. The third kappa shape index (κ3) is 3.93. The Labute approximate surface area is 252 Å². The highest BCUT2D eigenvalue weighted by Crippen LogP contribution is 2.61. The van der Waals surface area contributed by atoms with Gasteiger partial charge in [-0.25, -0.2) is 23.1 Å². The molecule has 1 aliphatic carbocycles. The first-order chi connectivity index (χ1) is 20.8. The predicted octanol–water partition coefficient (Wildman–Crippen LogP) is 8.87. The topological polar surface area (TPSA) is 63.9 Å². The fraction of sp³-hybridized carbons (Fsp3) is 0.222. The Morgan fingerprint density at radius 3 is 2.20 bits per heavy atom. The summed E-state index contributed by atoms with van der Waals surface area (Å²) in [5, 5.41) is 11.2. The van der Waals surface area contributed by atoms with Gasteiger partial charge in [0.2, 0.25) is 11.8 Å². The van der Waals surface area contributed by atoms with Gasteiger partial charge in [0.25, 0.3) is 0 Å². The second-order valence-corrected chi connectivity index (χ2v) is 12.4. The summed E-state index contributed by atoms with van der Waals surface area (Å²) in [6.07, 6.45) is 0. The molecule has 0 amide bonds. The van der Waals surface area contributed by atoms with Crippen LogP contribution in [0.4, 0.5) is 13.2 Å². The first kappa shape index (κ1) is 28.0. The van der Waals surface area contributed by atoms with Gasteiger partial charge in [0.15, 0.2) is 0 Å². The lowest BCUT2D eigenvalue weighted by Crippen LogP contribution is -2.51. The van der Waals surface area contributed by atoms with E-state index in [1.807, 2.05) is 39.0 Å². The quantitative estimate of drug-likeness (QED) is 0.226. The number of aromatic nitrogens is 1. The molecule has 1 aliphatic heterocycles. The van der Waals surface area contributed by atoms with E-state index in [0.717, 1.165) is 22.1 Å². The number of phenols is 1. The Kier molecular flexibility index (Phi) is 5.92. The lowest BCUT2D eigenvalue weighted by Gasteiger charge is -2.41. The number of benzene rings is 4. The number of nitrogens with zero attached hydrogens (tertiary/aromatic N) is 2. The fourth-order valence-corrected chi connectivity index (χ4v) is 6.78. The number of hydrogen-bond donors (Lipinski definition) is 1. The van der Waals surface area contributed by atoms with Crippen LogP contribution < -0.4 is 4.74 Å². The van der Waals surface area contributed by atoms with Crippen molar-refractivity contribution in [3.8, 4) is 28.5 Å². The molecule has 0 unspecified atom stereocenters. The Balaban J connectivity index is 1.38. The van der Waals surface area contributed by atoms with Crippen molar-refractivity contribution in [3.05, 3.63) is 119 Å². The first-order valence-corrected chi connectivity index (χ1v) is 14.3. The van der Waals surface area contributed by atoms with Crippen LogP contribution in [0.25, 0.3) is 22.0 Å². The van der Waals surface area contributed by atoms with Crippen LogP contribution in [0, 0.1) is 24.4 Å². The normalized spacial score (nSPS) is 21.5. The lowest BCUT2D eigenvalue weighted by atomic mass is 9.71. The maximum Gasteiger partial charge on any atom is 0.219 e. The van der Waals surface area contributed by atoms with Gasteiger partial charge in [0.1, 0.15) is 45.6 Å². The average Bonchev–Trinajstić information content (AvgIpc) is 3.31. The smallest absolute Gasteiger partial charge is 0.219 e. The maximum atomic E-state index is 15.1. The molecule has 2 aliphatic rings. The number of pyridine rings is 1. The predicted molar refractivity (Wildman–Crippen MR) is 163 cm³/mol. The number of phenolic OH excluding ortho intramolecular Hbond substituents is 1. The van der Waals surface area contributed by atoms with Gasteiger partial charge in [-0.2, -0.15) is 0 Å². The number of ether oxygens (including phenoxy) is 2. The van der Waals surface area contributed by atoms with Crippen molar-refractivity contribution in [3.63, 3.8) is 0 Å². The maximum absolute atomic E-state index is 15.1. The molecule has 0 bridgehead atoms. The molecule has 0 radical (unpaired) electrons. The molecule has 4 aromatic carbocycles. The number of aromatic hydroxyl groups is 1. The average molecular weight is 595 g/mol. The molecular weight excluding hydrogens is 565 g/mol. The Hall–Kier alpha value is -4.85. The van der Waals surface area contributed by atoms with Gasteiger partial charge in [-0.1, -0.05) is 38.1 Å². The molecule has 0 spiro atoms. The Morgan fingerprint density at radius 2 is 1.48 bits per heavy atom. The molecule has 0 fully saturated rings. The van der Waals surface area contributed by atoms with Crippen molar-refractivity contribution in [2.75, 3.05) is 0 Å². The van der Waals surface area contributed by atoms with Crippen LogP contribution in [0.5, 0.6) is 17.4 Å². The van der Waals surface area contributed by atoms with Crippen molar-refractivity contribution >= 4 is 16.8 Å². The summed E-state index contributed by atoms with van der Waals surface area (Å²) in [7, 11) is 0. The van der Waals surface area contributed by atoms with E-state index in [9.17, 15) is 9.50 Å². The molecule has 0 saturated carbocycles. The monoisotopic (exact) mass is 594 g/mol. The zero-order valence-corrected chi connectivity index (χ0v) is 24.8. The van der Waals surface area contributed by atoms with E-state index in [1.54, 1.807) is 30.3 Å². The molecule has 44 heavy (non-hydrogen) atoms. The third-order valence-electron chi connectivity index (χ3n) is 9.43. The number of rotatable bonds is 4. The standard InChI is InChI=1S/C36H29F3N2O3/c1-19-12-20-10-11-30(40-32(20)29(42)13-19)43-24-15-21(31-27(38)17-23(37)18-28(31)39)14-22(16-24)33-41-35(4)26-9-7-6-8-25(26)34(2,3)36(35,5)44-33/h6-18,42H,1-5H3/t35-,36+/m0/s1. The zero-order chi connectivity index (χ0) is 31.2. The van der Waals surface area contributed by atoms with Crippen molar-refractivity contribution in [1.29, 1.82) is 0 Å². The first-order valence-electron chi connectivity index (χ1n) is 14.3. The number of fused-ring (bicyclic) bond motifs is 4. The minimum atomic E-state index is -1.06. The van der Waals surface area contributed by atoms with Crippen molar-refractivity contribution in [2.24, 2.45) is 4.99 Å². The Morgan fingerprint density at radius 1 is 0.795 bits per heavy atom. The Bertz CT molecular complexity index is 2030. The molecule has 7 rings (SSSR count). The van der Waals surface area contributed by atoms with Gasteiger partial charge < -0.3 is 14.6 Å². The summed E-state index contributed by atoms with van der Waals surface area (Å²) in [5.74, 6) is -2.52. The van der Waals surface area contributed by atoms with Gasteiger partial charge in [0.05, 0.1) is 5.56 Å². The largest absolute Gasteiger partial charge is 0.506 e. The van der Waals surface area contributed by atoms with Gasteiger partial charge in [-0.05, 0) is 79.4 Å². The molecule has 0 saturated heterocycles. The van der Waals surface area contributed by atoms with Crippen molar-refractivity contribution in [2.45, 2.75) is 51.2 Å². The highest BCUT2D eigenvalue weighted by Gasteiger charge is 2.67. The van der Waals surface area contributed by atoms with Gasteiger partial charge in [-0.15, -0.1) is 0 Å². The lowest BCUT2D eigenvalue weighted by molar-refractivity contribution is -0.0136. The molecule has 2 heterocycles. The van der Waals surface area contributed by atoms with E-state index < -0.39 is 39.6 Å². The molecule has 1 aromatic heterocycles. The molecule has 5 nitrogen and oxygen atoms in total. The zero-order valence-electron chi connectivity index (χ0n) is 24.8. The van der Waals surface area contributed by atoms with Gasteiger partial charge >= 0.3 is 0 Å². The van der Waals surface area contributed by atoms with E-state index in [4.69, 9.17) is 14.5 Å². The van der Waals surface area contributed by atoms with E-state index >= 15 is 8.78 Å². The van der Waals surface area contributed by atoms with E-state index in [1.165, 1.54) is 6.07 Å². The molecule has 1 N–H and O–H groups in total. The van der Waals surface area contributed by atoms with Crippen molar-refractivity contribution < 1.29 is 27.8 Å². The van der Waals surface area contributed by atoms with Crippen LogP contribution in [0.15, 0.2) is 83.9 Å². The van der Waals surface area contributed by atoms with Crippen LogP contribution in [-0.2, 0) is 15.7 Å². The number of aryl methyl sites for hydroxylation is 1. The number of hydrogen-bond acceptors (Lipinski definition) is 5. The molecule has 5 aromatic rings. The van der Waals surface area contributed by atoms with E-state index in [2.05, 4.69) is 31.0 Å². The van der Waals surface area contributed by atoms with Crippen LogP contribution in [0.3, 0.4) is 0 Å². The van der Waals surface area contributed by atoms with Crippen LogP contribution in [-0.4, -0.2) is 21.6 Å². The van der Waals surface area contributed by atoms with E-state index in [0.29, 0.717) is 23.2 Å². The minimum Gasteiger partial charge on any atom is -0.506 e. The minimum absolute atomic E-state index is 0.0000194. The van der Waals surface area contributed by atoms with Crippen LogP contribution in [0.2, 0.25) is 0 Å². The number of aliphatic imine (C=N–C) groups is 1. The molecule has 8 heteroatoms. The second-order valence-electron chi connectivity index (χ2n) is 12.4. The second kappa shape index (κ2) is 9.32. The molecule has 2 atom stereocenters. The van der Waals surface area contributed by atoms with Gasteiger partial charge in [0, 0.05) is 34.6 Å². The summed E-state index contributed by atoms with van der Waals surface area (Å²) in [5.41, 5.74) is 1.56. The molecule has 222 valence electrons. The van der Waals surface area contributed by atoms with Crippen molar-refractivity contribution in [1.82, 2.24) is 4.98 Å². The van der Waals surface area contributed by atoms with Crippen LogP contribution in [0.1, 0.15) is 49.9 Å². The SMILES string of the molecule is Cc1cc(O)c2nc(Oc3cc(C4=N[C@@]5(C)c6ccccc6C(C)(C)[C@@]5(C)O4)cc(-c4c(F)cc(F)cc4F)c3)ccc2c1. The summed E-state index contributed by atoms with van der Waals surface area (Å²) >= 11 is 0. The summed E-state index contributed by atoms with van der Waals surface area (Å²) in [4.78, 5) is 9.57. The highest BCUT2D eigenvalue weighted by atomic mass is 19.1. The van der Waals surface area contributed by atoms with E-state index in [-0.39, 0.29) is 28.8 Å². The summed E-state index contributed by atoms with van der Waals surface area (Å²) in [6.45, 7) is 10.2. The molecular formula is C36H29F3N2O3. The number of halogens is 3. The van der Waals surface area contributed by atoms with Gasteiger partial charge in [-0.3, -0.25) is 0 Å². The fourth-order valence-electron chi connectivity index (χ4n) is 6.78. The third-order valence-corrected chi connectivity index (χ3v) is 9.43. The highest BCUT2D eigenvalue weighted by molar-refractivity contribution is 5.98. The van der Waals surface area contributed by atoms with Crippen LogP contribution >= 0.6 is 0 Å². The summed E-state index contributed by atoms with van der Waals surface area (Å²) < 4.78 is 56.8.